The first kappa shape index (κ1) is 18.5. The molecule has 0 heterocycles. The number of nitrogens with zero attached hydrogens (tertiary/aromatic N) is 1. The topological polar surface area (TPSA) is 15.3 Å². The molecule has 0 saturated carbocycles. The Bertz CT molecular complexity index is 395. The van der Waals surface area contributed by atoms with Gasteiger partial charge in [0.25, 0.3) is 0 Å². The maximum Gasteiger partial charge on any atom is 0.0409 e. The van der Waals surface area contributed by atoms with Gasteiger partial charge in [-0.2, -0.15) is 0 Å². The molecule has 1 aromatic carbocycles. The molecule has 3 heteroatoms. The maximum absolute atomic E-state index is 6.14. The van der Waals surface area contributed by atoms with Crippen molar-refractivity contribution in [2.45, 2.75) is 58.5 Å². The first-order valence-corrected chi connectivity index (χ1v) is 8.65. The minimum atomic E-state index is 0.389. The van der Waals surface area contributed by atoms with E-state index in [-0.39, 0.29) is 0 Å². The Balaban J connectivity index is 2.62. The van der Waals surface area contributed by atoms with Gasteiger partial charge in [-0.25, -0.2) is 0 Å². The lowest BCUT2D eigenvalue weighted by molar-refractivity contribution is 0.231. The van der Waals surface area contributed by atoms with Gasteiger partial charge in [0.1, 0.15) is 0 Å². The highest BCUT2D eigenvalue weighted by atomic mass is 35.5. The standard InChI is InChI=1S/C18H31ClN2/c1-5-8-15(3)21(4)13-11-18(20-12-6-2)16-9-7-10-17(19)14-16/h7,9-10,14-15,18,20H,5-6,8,11-13H2,1-4H3. The van der Waals surface area contributed by atoms with E-state index in [0.29, 0.717) is 12.1 Å². The third kappa shape index (κ3) is 6.82. The summed E-state index contributed by atoms with van der Waals surface area (Å²) < 4.78 is 0. The van der Waals surface area contributed by atoms with Crippen LogP contribution in [-0.2, 0) is 0 Å². The van der Waals surface area contributed by atoms with Crippen molar-refractivity contribution in [3.63, 3.8) is 0 Å². The highest BCUT2D eigenvalue weighted by molar-refractivity contribution is 6.30. The minimum Gasteiger partial charge on any atom is -0.310 e. The van der Waals surface area contributed by atoms with Crippen molar-refractivity contribution < 1.29 is 0 Å². The van der Waals surface area contributed by atoms with Crippen molar-refractivity contribution in [1.29, 1.82) is 0 Å². The Morgan fingerprint density at radius 1 is 1.19 bits per heavy atom. The van der Waals surface area contributed by atoms with E-state index in [0.717, 1.165) is 31.0 Å². The molecule has 0 aromatic heterocycles. The van der Waals surface area contributed by atoms with Gasteiger partial charge >= 0.3 is 0 Å². The lowest BCUT2D eigenvalue weighted by atomic mass is 10.0. The van der Waals surface area contributed by atoms with Crippen LogP contribution in [-0.4, -0.2) is 31.1 Å². The molecular formula is C18H31ClN2. The molecule has 0 aliphatic rings. The maximum atomic E-state index is 6.14. The summed E-state index contributed by atoms with van der Waals surface area (Å²) in [5.41, 5.74) is 1.30. The summed E-state index contributed by atoms with van der Waals surface area (Å²) in [4.78, 5) is 2.47. The fraction of sp³-hybridized carbons (Fsp3) is 0.667. The Morgan fingerprint density at radius 3 is 2.57 bits per heavy atom. The molecule has 2 atom stereocenters. The summed E-state index contributed by atoms with van der Waals surface area (Å²) in [7, 11) is 2.23. The first-order chi connectivity index (χ1) is 10.1. The summed E-state index contributed by atoms with van der Waals surface area (Å²) in [6.07, 6.45) is 4.78. The van der Waals surface area contributed by atoms with Gasteiger partial charge in [-0.15, -0.1) is 0 Å². The molecule has 0 spiro atoms. The van der Waals surface area contributed by atoms with Crippen molar-refractivity contribution in [3.05, 3.63) is 34.9 Å². The second-order valence-corrected chi connectivity index (χ2v) is 6.41. The van der Waals surface area contributed by atoms with Gasteiger partial charge in [0.15, 0.2) is 0 Å². The molecule has 0 radical (unpaired) electrons. The zero-order valence-corrected chi connectivity index (χ0v) is 14.8. The van der Waals surface area contributed by atoms with Crippen LogP contribution in [0.4, 0.5) is 0 Å². The molecule has 1 N–H and O–H groups in total. The fourth-order valence-corrected chi connectivity index (χ4v) is 2.82. The summed E-state index contributed by atoms with van der Waals surface area (Å²) in [5, 5.41) is 4.48. The quantitative estimate of drug-likeness (QED) is 0.662. The van der Waals surface area contributed by atoms with Crippen LogP contribution < -0.4 is 5.32 Å². The van der Waals surface area contributed by atoms with E-state index in [1.54, 1.807) is 0 Å². The molecule has 1 rings (SSSR count). The SMILES string of the molecule is CCCNC(CCN(C)C(C)CCC)c1cccc(Cl)c1. The number of rotatable bonds is 10. The molecule has 0 saturated heterocycles. The number of halogens is 1. The van der Waals surface area contributed by atoms with E-state index in [2.05, 4.69) is 50.2 Å². The van der Waals surface area contributed by atoms with E-state index in [4.69, 9.17) is 11.6 Å². The van der Waals surface area contributed by atoms with Gasteiger partial charge in [-0.3, -0.25) is 0 Å². The molecule has 0 bridgehead atoms. The van der Waals surface area contributed by atoms with Crippen LogP contribution in [0.5, 0.6) is 0 Å². The van der Waals surface area contributed by atoms with Gasteiger partial charge < -0.3 is 10.2 Å². The molecule has 0 aliphatic heterocycles. The Kier molecular flexibility index (Phi) is 8.98. The van der Waals surface area contributed by atoms with Crippen LogP contribution >= 0.6 is 11.6 Å². The Labute approximate surface area is 135 Å². The first-order valence-electron chi connectivity index (χ1n) is 8.27. The molecule has 0 amide bonds. The summed E-state index contributed by atoms with van der Waals surface area (Å²) >= 11 is 6.14. The summed E-state index contributed by atoms with van der Waals surface area (Å²) in [6.45, 7) is 8.93. The molecule has 0 fully saturated rings. The molecule has 120 valence electrons. The van der Waals surface area contributed by atoms with Crippen LogP contribution in [0, 0.1) is 0 Å². The third-order valence-corrected chi connectivity index (χ3v) is 4.36. The Hall–Kier alpha value is -0.570. The number of hydrogen-bond donors (Lipinski definition) is 1. The van der Waals surface area contributed by atoms with E-state index < -0.39 is 0 Å². The molecule has 21 heavy (non-hydrogen) atoms. The minimum absolute atomic E-state index is 0.389. The highest BCUT2D eigenvalue weighted by Crippen LogP contribution is 2.21. The average Bonchev–Trinajstić information content (AvgIpc) is 2.47. The smallest absolute Gasteiger partial charge is 0.0409 e. The van der Waals surface area contributed by atoms with Crippen LogP contribution in [0.15, 0.2) is 24.3 Å². The lowest BCUT2D eigenvalue weighted by Crippen LogP contribution is -2.33. The lowest BCUT2D eigenvalue weighted by Gasteiger charge is -2.27. The van der Waals surface area contributed by atoms with Crippen LogP contribution in [0.3, 0.4) is 0 Å². The zero-order valence-electron chi connectivity index (χ0n) is 14.0. The van der Waals surface area contributed by atoms with Gasteiger partial charge in [-0.1, -0.05) is 44.0 Å². The van der Waals surface area contributed by atoms with Crippen LogP contribution in [0.1, 0.15) is 58.1 Å². The largest absolute Gasteiger partial charge is 0.310 e. The van der Waals surface area contributed by atoms with Gasteiger partial charge in [0.05, 0.1) is 0 Å². The normalized spacial score (nSPS) is 14.4. The van der Waals surface area contributed by atoms with Crippen molar-refractivity contribution in [2.24, 2.45) is 0 Å². The van der Waals surface area contributed by atoms with Crippen molar-refractivity contribution >= 4 is 11.6 Å². The molecule has 1 aromatic rings. The molecule has 2 nitrogen and oxygen atoms in total. The number of benzene rings is 1. The number of nitrogens with one attached hydrogen (secondary N) is 1. The number of hydrogen-bond acceptors (Lipinski definition) is 2. The van der Waals surface area contributed by atoms with E-state index in [1.807, 2.05) is 12.1 Å². The Morgan fingerprint density at radius 2 is 1.95 bits per heavy atom. The van der Waals surface area contributed by atoms with Gasteiger partial charge in [-0.05, 0) is 64.0 Å². The van der Waals surface area contributed by atoms with Gasteiger partial charge in [0, 0.05) is 17.1 Å². The highest BCUT2D eigenvalue weighted by Gasteiger charge is 2.14. The monoisotopic (exact) mass is 310 g/mol. The zero-order chi connectivity index (χ0) is 15.7. The van der Waals surface area contributed by atoms with E-state index in [1.165, 1.54) is 18.4 Å². The van der Waals surface area contributed by atoms with Crippen molar-refractivity contribution in [1.82, 2.24) is 10.2 Å². The van der Waals surface area contributed by atoms with E-state index in [9.17, 15) is 0 Å². The molecular weight excluding hydrogens is 280 g/mol. The van der Waals surface area contributed by atoms with Crippen molar-refractivity contribution in [3.8, 4) is 0 Å². The summed E-state index contributed by atoms with van der Waals surface area (Å²) in [6, 6.07) is 9.29. The third-order valence-electron chi connectivity index (χ3n) is 4.12. The van der Waals surface area contributed by atoms with Crippen molar-refractivity contribution in [2.75, 3.05) is 20.1 Å². The predicted octanol–water partition coefficient (Wildman–Crippen LogP) is 4.89. The summed E-state index contributed by atoms with van der Waals surface area (Å²) in [5.74, 6) is 0. The van der Waals surface area contributed by atoms with Gasteiger partial charge in [0.2, 0.25) is 0 Å². The predicted molar refractivity (Wildman–Crippen MR) is 94.1 cm³/mol. The second-order valence-electron chi connectivity index (χ2n) is 5.97. The van der Waals surface area contributed by atoms with Crippen LogP contribution in [0.25, 0.3) is 0 Å². The fourth-order valence-electron chi connectivity index (χ4n) is 2.62. The average molecular weight is 311 g/mol. The van der Waals surface area contributed by atoms with Crippen LogP contribution in [0.2, 0.25) is 5.02 Å². The second kappa shape index (κ2) is 10.2. The van der Waals surface area contributed by atoms with E-state index >= 15 is 0 Å². The molecule has 0 aliphatic carbocycles. The molecule has 2 unspecified atom stereocenters.